The summed E-state index contributed by atoms with van der Waals surface area (Å²) in [6.45, 7) is 3.25. The highest BCUT2D eigenvalue weighted by Gasteiger charge is 2.25. The Labute approximate surface area is 206 Å². The number of hydrogen-bond donors (Lipinski definition) is 0. The Morgan fingerprint density at radius 2 is 1.35 bits per heavy atom. The Morgan fingerprint density at radius 1 is 0.806 bits per heavy atom. The highest BCUT2D eigenvalue weighted by Crippen LogP contribution is 2.12. The molecule has 0 fully saturated rings. The number of esters is 2. The van der Waals surface area contributed by atoms with Crippen molar-refractivity contribution >= 4 is 27.9 Å². The predicted octanol–water partition coefficient (Wildman–Crippen LogP) is 3.03. The number of likely N-dealkylation sites (N-methyl/N-ethyl adjacent to an activating group) is 1. The van der Waals surface area contributed by atoms with Gasteiger partial charge in [0.05, 0.1) is 34.2 Å². The molecular formula is C24H47BrClNO4. The third-order valence-corrected chi connectivity index (χ3v) is 5.53. The summed E-state index contributed by atoms with van der Waals surface area (Å²) in [5, 5.41) is 1.08. The summed E-state index contributed by atoms with van der Waals surface area (Å²) in [6, 6.07) is 0. The number of ether oxygens (including phenoxy) is 2. The molecule has 31 heavy (non-hydrogen) atoms. The molecule has 7 heteroatoms. The van der Waals surface area contributed by atoms with Crippen LogP contribution in [0.1, 0.15) is 96.8 Å². The van der Waals surface area contributed by atoms with E-state index >= 15 is 0 Å². The van der Waals surface area contributed by atoms with Crippen molar-refractivity contribution in [2.45, 2.75) is 103 Å². The van der Waals surface area contributed by atoms with Gasteiger partial charge in [0.15, 0.2) is 6.10 Å². The Morgan fingerprint density at radius 3 is 1.94 bits per heavy atom. The average molecular weight is 529 g/mol. The van der Waals surface area contributed by atoms with Crippen molar-refractivity contribution in [3.63, 3.8) is 0 Å². The summed E-state index contributed by atoms with van der Waals surface area (Å²) in [6.07, 6.45) is 13.9. The van der Waals surface area contributed by atoms with Crippen LogP contribution in [0.25, 0.3) is 0 Å². The third-order valence-electron chi connectivity index (χ3n) is 4.97. The maximum atomic E-state index is 12.3. The molecule has 0 N–H and O–H groups in total. The van der Waals surface area contributed by atoms with Gasteiger partial charge in [-0.2, -0.15) is 0 Å². The minimum atomic E-state index is -0.422. The Hall–Kier alpha value is -0.330. The van der Waals surface area contributed by atoms with Crippen molar-refractivity contribution in [1.29, 1.82) is 0 Å². The molecule has 0 rings (SSSR count). The summed E-state index contributed by atoms with van der Waals surface area (Å²) in [5.41, 5.74) is 0. The van der Waals surface area contributed by atoms with E-state index in [0.29, 0.717) is 24.1 Å². The summed E-state index contributed by atoms with van der Waals surface area (Å²) in [7, 11) is 6.11. The number of unbranched alkanes of at least 4 members (excludes halogenated alkanes) is 10. The van der Waals surface area contributed by atoms with E-state index in [1.54, 1.807) is 0 Å². The molecule has 0 amide bonds. The lowest BCUT2D eigenvalue weighted by Crippen LogP contribution is -3.00. The molecule has 0 heterocycles. The normalized spacial score (nSPS) is 12.2. The molecule has 0 aromatic carbocycles. The van der Waals surface area contributed by atoms with E-state index in [4.69, 9.17) is 9.47 Å². The summed E-state index contributed by atoms with van der Waals surface area (Å²) in [5.74, 6) is -0.458. The van der Waals surface area contributed by atoms with Gasteiger partial charge in [0.2, 0.25) is 0 Å². The number of rotatable bonds is 20. The maximum Gasteiger partial charge on any atom is 0.309 e. The van der Waals surface area contributed by atoms with Crippen LogP contribution in [0, 0.1) is 0 Å². The number of alkyl halides is 1. The first kappa shape index (κ1) is 32.8. The molecule has 0 unspecified atom stereocenters. The number of nitrogens with zero attached hydrogens (tertiary/aromatic N) is 1. The lowest BCUT2D eigenvalue weighted by molar-refractivity contribution is -0.873. The molecule has 0 aromatic rings. The van der Waals surface area contributed by atoms with Crippen molar-refractivity contribution < 1.29 is 36.0 Å². The number of carbonyl (C=O) groups is 2. The summed E-state index contributed by atoms with van der Waals surface area (Å²) in [4.78, 5) is 24.5. The molecular weight excluding hydrogens is 482 g/mol. The number of hydrogen-bond acceptors (Lipinski definition) is 4. The quantitative estimate of drug-likeness (QED) is 0.105. The Bertz CT molecular complexity index is 444. The summed E-state index contributed by atoms with van der Waals surface area (Å²) >= 11 is 3.45. The van der Waals surface area contributed by atoms with Gasteiger partial charge in [-0.3, -0.25) is 9.59 Å². The average Bonchev–Trinajstić information content (AvgIpc) is 2.65. The van der Waals surface area contributed by atoms with Crippen LogP contribution in [0.4, 0.5) is 0 Å². The third kappa shape index (κ3) is 24.1. The zero-order valence-corrected chi connectivity index (χ0v) is 22.8. The lowest BCUT2D eigenvalue weighted by atomic mass is 10.1. The maximum absolute atomic E-state index is 12.3. The number of quaternary nitrogens is 1. The van der Waals surface area contributed by atoms with Crippen LogP contribution in [0.5, 0.6) is 0 Å². The highest BCUT2D eigenvalue weighted by molar-refractivity contribution is 9.09. The molecule has 186 valence electrons. The first-order valence-corrected chi connectivity index (χ1v) is 13.1. The predicted molar refractivity (Wildman–Crippen MR) is 128 cm³/mol. The monoisotopic (exact) mass is 527 g/mol. The fourth-order valence-corrected chi connectivity index (χ4v) is 3.78. The van der Waals surface area contributed by atoms with E-state index < -0.39 is 6.10 Å². The van der Waals surface area contributed by atoms with Gasteiger partial charge in [-0.05, 0) is 19.3 Å². The first-order chi connectivity index (χ1) is 14.3. The zero-order chi connectivity index (χ0) is 22.7. The van der Waals surface area contributed by atoms with Gasteiger partial charge in [0, 0.05) is 11.8 Å². The Balaban J connectivity index is 0. The minimum absolute atomic E-state index is 0. The fraction of sp³-hybridized carbons (Fsp3) is 0.917. The van der Waals surface area contributed by atoms with Gasteiger partial charge < -0.3 is 26.4 Å². The Kier molecular flexibility index (Phi) is 22.8. The molecule has 0 aromatic heterocycles. The first-order valence-electron chi connectivity index (χ1n) is 12.0. The van der Waals surface area contributed by atoms with Crippen LogP contribution in [0.2, 0.25) is 0 Å². The second-order valence-corrected chi connectivity index (χ2v) is 10.1. The van der Waals surface area contributed by atoms with Crippen molar-refractivity contribution in [1.82, 2.24) is 0 Å². The summed E-state index contributed by atoms with van der Waals surface area (Å²) < 4.78 is 11.7. The van der Waals surface area contributed by atoms with Crippen molar-refractivity contribution in [2.75, 3.05) is 39.6 Å². The molecule has 1 atom stereocenters. The molecule has 0 bridgehead atoms. The van der Waals surface area contributed by atoms with Gasteiger partial charge in [0.1, 0.15) is 6.54 Å². The van der Waals surface area contributed by atoms with Gasteiger partial charge in [-0.15, -0.1) is 0 Å². The van der Waals surface area contributed by atoms with Crippen LogP contribution in [-0.2, 0) is 19.1 Å². The lowest BCUT2D eigenvalue weighted by Gasteiger charge is -2.28. The van der Waals surface area contributed by atoms with E-state index in [2.05, 4.69) is 22.9 Å². The molecule has 0 aliphatic carbocycles. The van der Waals surface area contributed by atoms with E-state index in [1.165, 1.54) is 51.4 Å². The minimum Gasteiger partial charge on any atom is -1.00 e. The zero-order valence-electron chi connectivity index (χ0n) is 20.4. The van der Waals surface area contributed by atoms with Crippen molar-refractivity contribution in [3.05, 3.63) is 0 Å². The molecule has 0 aliphatic heterocycles. The van der Waals surface area contributed by atoms with Crippen molar-refractivity contribution in [3.8, 4) is 0 Å². The van der Waals surface area contributed by atoms with Crippen LogP contribution in [0.15, 0.2) is 0 Å². The largest absolute Gasteiger partial charge is 1.00 e. The second kappa shape index (κ2) is 21.5. The molecule has 0 radical (unpaired) electrons. The van der Waals surface area contributed by atoms with Crippen molar-refractivity contribution in [2.24, 2.45) is 0 Å². The topological polar surface area (TPSA) is 52.6 Å². The van der Waals surface area contributed by atoms with Crippen LogP contribution >= 0.6 is 15.9 Å². The van der Waals surface area contributed by atoms with Crippen LogP contribution in [-0.4, -0.2) is 62.2 Å². The second-order valence-electron chi connectivity index (χ2n) is 9.34. The fourth-order valence-electron chi connectivity index (χ4n) is 3.38. The molecule has 0 aliphatic rings. The standard InChI is InChI=1S/C24H47BrNO4.ClH/c1-5-6-7-13-16-19-29-24(28)20-22(21-26(2,3)4)30-23(27)17-14-11-9-8-10-12-15-18-25;/h22H,5-21H2,1-4H3;1H/q+1;/p-1/t22-;/m1./s1. The van der Waals surface area contributed by atoms with E-state index in [1.807, 2.05) is 21.1 Å². The molecule has 5 nitrogen and oxygen atoms in total. The highest BCUT2D eigenvalue weighted by atomic mass is 79.9. The van der Waals surface area contributed by atoms with Crippen LogP contribution in [0.3, 0.4) is 0 Å². The number of carbonyl (C=O) groups excluding carboxylic acids is 2. The van der Waals surface area contributed by atoms with Gasteiger partial charge in [-0.1, -0.05) is 80.6 Å². The molecule has 0 saturated heterocycles. The molecule has 0 spiro atoms. The number of halogens is 2. The van der Waals surface area contributed by atoms with Gasteiger partial charge in [0.25, 0.3) is 0 Å². The van der Waals surface area contributed by atoms with E-state index in [-0.39, 0.29) is 30.8 Å². The molecule has 0 saturated carbocycles. The van der Waals surface area contributed by atoms with Gasteiger partial charge >= 0.3 is 11.9 Å². The smallest absolute Gasteiger partial charge is 0.309 e. The van der Waals surface area contributed by atoms with E-state index in [0.717, 1.165) is 31.0 Å². The van der Waals surface area contributed by atoms with Gasteiger partial charge in [-0.25, -0.2) is 0 Å². The SMILES string of the molecule is CCCCCCCOC(=O)C[C@H](C[N+](C)(C)C)OC(=O)CCCCCCCCCBr.[Cl-]. The van der Waals surface area contributed by atoms with Crippen LogP contribution < -0.4 is 12.4 Å². The van der Waals surface area contributed by atoms with E-state index in [9.17, 15) is 9.59 Å².